The minimum atomic E-state index is 0.0853. The van der Waals surface area contributed by atoms with E-state index in [-0.39, 0.29) is 8.46 Å². The highest BCUT2D eigenvalue weighted by Crippen LogP contribution is 2.01. The zero-order valence-corrected chi connectivity index (χ0v) is 5.82. The molecule has 0 radical (unpaired) electrons. The van der Waals surface area contributed by atoms with E-state index in [0.717, 1.165) is 13.1 Å². The molecule has 50 valence electrons. The summed E-state index contributed by atoms with van der Waals surface area (Å²) in [6.45, 7) is 1.60. The number of hydrogen-bond donors (Lipinski definition) is 2. The Morgan fingerprint density at radius 1 is 1.89 bits per heavy atom. The molecule has 9 heavy (non-hydrogen) atoms. The van der Waals surface area contributed by atoms with Crippen LogP contribution >= 0.6 is 8.46 Å². The zero-order valence-electron chi connectivity index (χ0n) is 4.92. The van der Waals surface area contributed by atoms with E-state index in [0.29, 0.717) is 12.2 Å². The second-order valence-electron chi connectivity index (χ2n) is 1.81. The van der Waals surface area contributed by atoms with E-state index in [1.807, 2.05) is 0 Å². The smallest absolute Gasteiger partial charge is 0.191 e. The summed E-state index contributed by atoms with van der Waals surface area (Å²) in [7, 11) is 0.0853. The van der Waals surface area contributed by atoms with Crippen LogP contribution in [-0.2, 0) is 4.57 Å². The van der Waals surface area contributed by atoms with Crippen LogP contribution in [0.25, 0.3) is 0 Å². The Hall–Kier alpha value is -0.630. The number of nitrogens with zero attached hydrogens (tertiary/aromatic N) is 1. The lowest BCUT2D eigenvalue weighted by atomic mass is 10.7. The molecule has 0 aromatic carbocycles. The van der Waals surface area contributed by atoms with Gasteiger partial charge in [0.25, 0.3) is 0 Å². The summed E-state index contributed by atoms with van der Waals surface area (Å²) < 4.78 is 10.0. The molecule has 1 fully saturated rings. The van der Waals surface area contributed by atoms with E-state index in [4.69, 9.17) is 5.41 Å². The number of hydrogen-bond acceptors (Lipinski definition) is 2. The van der Waals surface area contributed by atoms with Crippen molar-refractivity contribution in [1.82, 2.24) is 10.2 Å². The summed E-state index contributed by atoms with van der Waals surface area (Å²) in [6.07, 6.45) is 0.436. The van der Waals surface area contributed by atoms with Gasteiger partial charge in [0.2, 0.25) is 0 Å². The molecule has 0 aromatic rings. The lowest BCUT2D eigenvalue weighted by Crippen LogP contribution is -2.27. The predicted octanol–water partition coefficient (Wildman–Crippen LogP) is 0.0756. The van der Waals surface area contributed by atoms with Crippen molar-refractivity contribution in [3.8, 4) is 0 Å². The Labute approximate surface area is 54.9 Å². The average Bonchev–Trinajstić information content (AvgIpc) is 2.18. The van der Waals surface area contributed by atoms with Gasteiger partial charge in [-0.25, -0.2) is 0 Å². The van der Waals surface area contributed by atoms with Crippen LogP contribution in [0.1, 0.15) is 0 Å². The highest BCUT2D eigenvalue weighted by atomic mass is 31.1. The largest absolute Gasteiger partial charge is 0.355 e. The fraction of sp³-hybridized carbons (Fsp3) is 0.750. The summed E-state index contributed by atoms with van der Waals surface area (Å²) in [5.41, 5.74) is 0. The topological polar surface area (TPSA) is 56.2 Å². The molecule has 0 saturated carbocycles. The van der Waals surface area contributed by atoms with Gasteiger partial charge >= 0.3 is 0 Å². The molecule has 0 unspecified atom stereocenters. The summed E-state index contributed by atoms with van der Waals surface area (Å²) in [4.78, 5) is 1.73. The van der Waals surface area contributed by atoms with Crippen molar-refractivity contribution in [3.05, 3.63) is 0 Å². The highest BCUT2D eigenvalue weighted by molar-refractivity contribution is 7.23. The standard InChI is InChI=1S/C4H8N3OP/c5-4-6-1-2-7(4)3-9-8/h1-3H2,(H2,5,6). The fourth-order valence-corrected chi connectivity index (χ4v) is 1.17. The van der Waals surface area contributed by atoms with Crippen LogP contribution < -0.4 is 5.32 Å². The van der Waals surface area contributed by atoms with Crippen molar-refractivity contribution in [2.24, 2.45) is 0 Å². The Bertz CT molecular complexity index is 138. The highest BCUT2D eigenvalue weighted by Gasteiger charge is 2.14. The molecular weight excluding hydrogens is 137 g/mol. The second-order valence-corrected chi connectivity index (χ2v) is 2.35. The molecule has 0 aliphatic carbocycles. The van der Waals surface area contributed by atoms with Gasteiger partial charge in [-0.05, 0) is 0 Å². The van der Waals surface area contributed by atoms with E-state index in [2.05, 4.69) is 5.32 Å². The van der Waals surface area contributed by atoms with Gasteiger partial charge in [-0.15, -0.1) is 0 Å². The maximum absolute atomic E-state index is 10.0. The molecular formula is C4H8N3OP. The van der Waals surface area contributed by atoms with Gasteiger partial charge in [-0.2, -0.15) is 0 Å². The molecule has 5 heteroatoms. The zero-order chi connectivity index (χ0) is 6.69. The number of nitrogens with one attached hydrogen (secondary N) is 2. The van der Waals surface area contributed by atoms with Gasteiger partial charge in [-0.3, -0.25) is 9.97 Å². The first-order chi connectivity index (χ1) is 4.34. The summed E-state index contributed by atoms with van der Waals surface area (Å²) in [6, 6.07) is 0. The molecule has 1 aliphatic rings. The Kier molecular flexibility index (Phi) is 2.01. The molecule has 0 aromatic heterocycles. The third-order valence-electron chi connectivity index (χ3n) is 1.22. The quantitative estimate of drug-likeness (QED) is 0.541. The lowest BCUT2D eigenvalue weighted by molar-refractivity contribution is 0.520. The van der Waals surface area contributed by atoms with Gasteiger partial charge in [0.15, 0.2) is 14.4 Å². The van der Waals surface area contributed by atoms with Crippen LogP contribution in [0, 0.1) is 5.41 Å². The van der Waals surface area contributed by atoms with E-state index in [9.17, 15) is 4.57 Å². The predicted molar refractivity (Wildman–Crippen MR) is 34.9 cm³/mol. The third-order valence-corrected chi connectivity index (χ3v) is 1.68. The van der Waals surface area contributed by atoms with Crippen LogP contribution in [0.4, 0.5) is 0 Å². The van der Waals surface area contributed by atoms with Crippen molar-refractivity contribution in [1.29, 1.82) is 5.41 Å². The Morgan fingerprint density at radius 3 is 3.11 bits per heavy atom. The number of rotatable bonds is 2. The van der Waals surface area contributed by atoms with E-state index in [1.54, 1.807) is 4.90 Å². The van der Waals surface area contributed by atoms with Crippen molar-refractivity contribution in [2.45, 2.75) is 0 Å². The van der Waals surface area contributed by atoms with Crippen molar-refractivity contribution < 1.29 is 4.57 Å². The van der Waals surface area contributed by atoms with Crippen LogP contribution in [0.3, 0.4) is 0 Å². The van der Waals surface area contributed by atoms with Crippen molar-refractivity contribution >= 4 is 14.4 Å². The van der Waals surface area contributed by atoms with Crippen LogP contribution in [0.15, 0.2) is 0 Å². The number of guanidine groups is 1. The van der Waals surface area contributed by atoms with Crippen molar-refractivity contribution in [2.75, 3.05) is 19.4 Å². The molecule has 0 amide bonds. The normalized spacial score (nSPS) is 18.7. The molecule has 1 aliphatic heterocycles. The van der Waals surface area contributed by atoms with Gasteiger partial charge in [0.05, 0.1) is 0 Å². The fourth-order valence-electron chi connectivity index (χ4n) is 0.744. The first-order valence-corrected chi connectivity index (χ1v) is 3.71. The molecule has 4 nitrogen and oxygen atoms in total. The maximum Gasteiger partial charge on any atom is 0.191 e. The molecule has 1 saturated heterocycles. The molecule has 1 rings (SSSR count). The molecule has 0 bridgehead atoms. The Morgan fingerprint density at radius 2 is 2.67 bits per heavy atom. The van der Waals surface area contributed by atoms with Crippen LogP contribution in [-0.4, -0.2) is 30.2 Å². The van der Waals surface area contributed by atoms with E-state index in [1.165, 1.54) is 0 Å². The minimum absolute atomic E-state index is 0.0853. The van der Waals surface area contributed by atoms with Gasteiger partial charge < -0.3 is 10.2 Å². The summed E-state index contributed by atoms with van der Waals surface area (Å²) >= 11 is 0. The lowest BCUT2D eigenvalue weighted by Gasteiger charge is -2.09. The third kappa shape index (κ3) is 1.39. The van der Waals surface area contributed by atoms with E-state index >= 15 is 0 Å². The average molecular weight is 145 g/mol. The molecule has 1 heterocycles. The molecule has 2 N–H and O–H groups in total. The van der Waals surface area contributed by atoms with Crippen LogP contribution in [0.5, 0.6) is 0 Å². The van der Waals surface area contributed by atoms with Crippen molar-refractivity contribution in [3.63, 3.8) is 0 Å². The maximum atomic E-state index is 10.0. The van der Waals surface area contributed by atoms with Gasteiger partial charge in [0.1, 0.15) is 6.29 Å². The van der Waals surface area contributed by atoms with Crippen LogP contribution in [0.2, 0.25) is 0 Å². The SMILES string of the molecule is N=C1NCCN1CP=O. The first kappa shape index (κ1) is 6.49. The first-order valence-electron chi connectivity index (χ1n) is 2.71. The van der Waals surface area contributed by atoms with Gasteiger partial charge in [0, 0.05) is 13.1 Å². The Balaban J connectivity index is 2.39. The second kappa shape index (κ2) is 2.78. The molecule has 0 spiro atoms. The monoisotopic (exact) mass is 145 g/mol. The minimum Gasteiger partial charge on any atom is -0.355 e. The summed E-state index contributed by atoms with van der Waals surface area (Å²) in [5, 5.41) is 10.0. The van der Waals surface area contributed by atoms with Gasteiger partial charge in [-0.1, -0.05) is 0 Å². The summed E-state index contributed by atoms with van der Waals surface area (Å²) in [5.74, 6) is 0.387. The van der Waals surface area contributed by atoms with E-state index < -0.39 is 0 Å². The molecule has 0 atom stereocenters.